The van der Waals surface area contributed by atoms with Gasteiger partial charge in [0, 0.05) is 11.1 Å². The van der Waals surface area contributed by atoms with Gasteiger partial charge < -0.3 is 10.6 Å². The quantitative estimate of drug-likeness (QED) is 0.694. The number of nitrogens with zero attached hydrogens (tertiary/aromatic N) is 2. The molecule has 6 nitrogen and oxygen atoms in total. The highest BCUT2D eigenvalue weighted by Crippen LogP contribution is 2.29. The number of thioether (sulfide) groups is 2. The Hall–Kier alpha value is -1.80. The van der Waals surface area contributed by atoms with Crippen LogP contribution in [-0.2, 0) is 9.59 Å². The maximum atomic E-state index is 12.2. The van der Waals surface area contributed by atoms with Crippen LogP contribution in [0.4, 0.5) is 0 Å². The van der Waals surface area contributed by atoms with E-state index in [1.807, 2.05) is 65.8 Å². The molecule has 8 heteroatoms. The van der Waals surface area contributed by atoms with Crippen molar-refractivity contribution >= 4 is 46.4 Å². The van der Waals surface area contributed by atoms with Gasteiger partial charge >= 0.3 is 0 Å². The molecule has 0 aliphatic rings. The Balaban J connectivity index is 2.16. The standard InChI is InChI=1S/C20H28N4O2S2/c1-19(2,3)23-15(25)11-27-17-18(28-12-16(26)24-20(4,5)6)22-14-10-8-7-9-13(14)21-17/h7-10H,11-12H2,1-6H3,(H,23,25)(H,24,26). The van der Waals surface area contributed by atoms with Crippen molar-refractivity contribution in [2.24, 2.45) is 0 Å². The molecule has 0 aliphatic carbocycles. The van der Waals surface area contributed by atoms with Gasteiger partial charge in [0.05, 0.1) is 22.5 Å². The monoisotopic (exact) mass is 420 g/mol. The van der Waals surface area contributed by atoms with Crippen molar-refractivity contribution in [2.75, 3.05) is 11.5 Å². The average molecular weight is 421 g/mol. The van der Waals surface area contributed by atoms with Crippen LogP contribution in [0.3, 0.4) is 0 Å². The summed E-state index contributed by atoms with van der Waals surface area (Å²) in [6.45, 7) is 11.7. The number of amides is 2. The predicted molar refractivity (Wildman–Crippen MR) is 117 cm³/mol. The lowest BCUT2D eigenvalue weighted by Crippen LogP contribution is -2.41. The number of para-hydroxylation sites is 2. The number of carbonyl (C=O) groups is 2. The normalized spacial score (nSPS) is 12.1. The van der Waals surface area contributed by atoms with E-state index in [1.165, 1.54) is 23.5 Å². The van der Waals surface area contributed by atoms with E-state index >= 15 is 0 Å². The Morgan fingerprint density at radius 1 is 0.786 bits per heavy atom. The molecule has 28 heavy (non-hydrogen) atoms. The van der Waals surface area contributed by atoms with E-state index in [4.69, 9.17) is 0 Å². The molecule has 0 spiro atoms. The number of nitrogens with one attached hydrogen (secondary N) is 2. The third-order valence-electron chi connectivity index (χ3n) is 3.22. The second-order valence-corrected chi connectivity index (χ2v) is 10.4. The summed E-state index contributed by atoms with van der Waals surface area (Å²) in [5.74, 6) is 0.362. The number of fused-ring (bicyclic) bond motifs is 1. The average Bonchev–Trinajstić information content (AvgIpc) is 2.54. The van der Waals surface area contributed by atoms with Crippen molar-refractivity contribution in [3.05, 3.63) is 24.3 Å². The van der Waals surface area contributed by atoms with Crippen molar-refractivity contribution in [3.63, 3.8) is 0 Å². The predicted octanol–water partition coefficient (Wildman–Crippen LogP) is 3.64. The minimum Gasteiger partial charge on any atom is -0.351 e. The summed E-state index contributed by atoms with van der Waals surface area (Å²) in [7, 11) is 0. The number of benzene rings is 1. The fourth-order valence-electron chi connectivity index (χ4n) is 2.33. The number of hydrogen-bond acceptors (Lipinski definition) is 6. The molecule has 0 saturated heterocycles. The summed E-state index contributed by atoms with van der Waals surface area (Å²) < 4.78 is 0. The summed E-state index contributed by atoms with van der Waals surface area (Å²) >= 11 is 2.67. The van der Waals surface area contributed by atoms with E-state index in [0.29, 0.717) is 10.1 Å². The molecule has 0 fully saturated rings. The summed E-state index contributed by atoms with van der Waals surface area (Å²) in [6, 6.07) is 7.59. The molecule has 2 amide bonds. The highest BCUT2D eigenvalue weighted by atomic mass is 32.2. The van der Waals surface area contributed by atoms with Crippen LogP contribution in [0.25, 0.3) is 11.0 Å². The molecular formula is C20H28N4O2S2. The smallest absolute Gasteiger partial charge is 0.230 e. The fraction of sp³-hybridized carbons (Fsp3) is 0.500. The van der Waals surface area contributed by atoms with E-state index < -0.39 is 0 Å². The highest BCUT2D eigenvalue weighted by molar-refractivity contribution is 8.02. The molecule has 0 saturated carbocycles. The molecule has 2 aromatic rings. The second-order valence-electron chi connectivity index (χ2n) is 8.50. The molecule has 0 unspecified atom stereocenters. The summed E-state index contributed by atoms with van der Waals surface area (Å²) in [5, 5.41) is 7.21. The van der Waals surface area contributed by atoms with Gasteiger partial charge in [-0.1, -0.05) is 35.7 Å². The third kappa shape index (κ3) is 7.67. The van der Waals surface area contributed by atoms with Crippen LogP contribution in [0.1, 0.15) is 41.5 Å². The molecule has 152 valence electrons. The zero-order valence-corrected chi connectivity index (χ0v) is 18.9. The van der Waals surface area contributed by atoms with Crippen LogP contribution >= 0.6 is 23.5 Å². The van der Waals surface area contributed by atoms with Crippen molar-refractivity contribution in [2.45, 2.75) is 62.7 Å². The maximum Gasteiger partial charge on any atom is 0.230 e. The van der Waals surface area contributed by atoms with Crippen molar-refractivity contribution in [1.29, 1.82) is 0 Å². The first-order chi connectivity index (χ1) is 12.9. The van der Waals surface area contributed by atoms with Crippen LogP contribution < -0.4 is 10.6 Å². The second kappa shape index (κ2) is 9.13. The number of aromatic nitrogens is 2. The summed E-state index contributed by atoms with van der Waals surface area (Å²) in [4.78, 5) is 33.7. The number of hydrogen-bond donors (Lipinski definition) is 2. The molecule has 0 bridgehead atoms. The van der Waals surface area contributed by atoms with Gasteiger partial charge in [-0.2, -0.15) is 0 Å². The molecular weight excluding hydrogens is 392 g/mol. The lowest BCUT2D eigenvalue weighted by Gasteiger charge is -2.21. The van der Waals surface area contributed by atoms with Gasteiger partial charge in [0.15, 0.2) is 0 Å². The highest BCUT2D eigenvalue weighted by Gasteiger charge is 2.18. The van der Waals surface area contributed by atoms with E-state index in [1.54, 1.807) is 0 Å². The van der Waals surface area contributed by atoms with Crippen molar-refractivity contribution in [1.82, 2.24) is 20.6 Å². The third-order valence-corrected chi connectivity index (χ3v) is 5.28. The molecule has 0 radical (unpaired) electrons. The minimum absolute atomic E-state index is 0.0612. The largest absolute Gasteiger partial charge is 0.351 e. The van der Waals surface area contributed by atoms with E-state index in [9.17, 15) is 9.59 Å². The van der Waals surface area contributed by atoms with E-state index in [2.05, 4.69) is 20.6 Å². The first-order valence-corrected chi connectivity index (χ1v) is 11.0. The van der Waals surface area contributed by atoms with Crippen LogP contribution in [0.2, 0.25) is 0 Å². The lowest BCUT2D eigenvalue weighted by molar-refractivity contribution is -0.120. The Labute approximate surface area is 175 Å². The zero-order valence-electron chi connectivity index (χ0n) is 17.3. The molecule has 1 aromatic heterocycles. The van der Waals surface area contributed by atoms with E-state index in [0.717, 1.165) is 11.0 Å². The Morgan fingerprint density at radius 2 is 1.14 bits per heavy atom. The van der Waals surface area contributed by atoms with Gasteiger partial charge in [-0.3, -0.25) is 9.59 Å². The zero-order chi connectivity index (χ0) is 20.9. The minimum atomic E-state index is -0.282. The van der Waals surface area contributed by atoms with Gasteiger partial charge in [0.2, 0.25) is 11.8 Å². The topological polar surface area (TPSA) is 84.0 Å². The molecule has 0 atom stereocenters. The Morgan fingerprint density at radius 3 is 1.46 bits per heavy atom. The van der Waals surface area contributed by atoms with Gasteiger partial charge in [-0.05, 0) is 53.7 Å². The first-order valence-electron chi connectivity index (χ1n) is 9.07. The van der Waals surface area contributed by atoms with E-state index in [-0.39, 0.29) is 34.4 Å². The molecule has 1 aromatic carbocycles. The molecule has 1 heterocycles. The molecule has 2 rings (SSSR count). The number of carbonyl (C=O) groups excluding carboxylic acids is 2. The SMILES string of the molecule is CC(C)(C)NC(=O)CSc1nc2ccccc2nc1SCC(=O)NC(C)(C)C. The van der Waals surface area contributed by atoms with Crippen molar-refractivity contribution in [3.8, 4) is 0 Å². The first kappa shape index (κ1) is 22.5. The van der Waals surface area contributed by atoms with Gasteiger partial charge in [0.1, 0.15) is 10.1 Å². The summed E-state index contributed by atoms with van der Waals surface area (Å²) in [6.07, 6.45) is 0. The van der Waals surface area contributed by atoms with Gasteiger partial charge in [-0.15, -0.1) is 0 Å². The van der Waals surface area contributed by atoms with Crippen LogP contribution in [0.5, 0.6) is 0 Å². The summed E-state index contributed by atoms with van der Waals surface area (Å²) in [5.41, 5.74) is 0.972. The van der Waals surface area contributed by atoms with Crippen LogP contribution in [-0.4, -0.2) is 44.4 Å². The van der Waals surface area contributed by atoms with Crippen LogP contribution in [0, 0.1) is 0 Å². The maximum absolute atomic E-state index is 12.2. The molecule has 2 N–H and O–H groups in total. The fourth-order valence-corrected chi connectivity index (χ4v) is 4.03. The van der Waals surface area contributed by atoms with Crippen LogP contribution in [0.15, 0.2) is 34.3 Å². The Bertz CT molecular complexity index is 787. The van der Waals surface area contributed by atoms with Crippen molar-refractivity contribution < 1.29 is 9.59 Å². The molecule has 0 aliphatic heterocycles. The number of rotatable bonds is 6. The van der Waals surface area contributed by atoms with Gasteiger partial charge in [-0.25, -0.2) is 9.97 Å². The van der Waals surface area contributed by atoms with Gasteiger partial charge in [0.25, 0.3) is 0 Å². The lowest BCUT2D eigenvalue weighted by atomic mass is 10.1. The Kier molecular flexibility index (Phi) is 7.33.